The Morgan fingerprint density at radius 1 is 1.32 bits per heavy atom. The Balaban J connectivity index is 0.00000312. The molecule has 0 aromatic carbocycles. The number of aromatic nitrogens is 1. The van der Waals surface area contributed by atoms with Crippen molar-refractivity contribution in [2.75, 3.05) is 44.8 Å². The van der Waals surface area contributed by atoms with Crippen LogP contribution >= 0.6 is 24.0 Å². The number of aliphatic imine (C=N–C) groups is 1. The quantitative estimate of drug-likeness (QED) is 0.283. The smallest absolute Gasteiger partial charge is 0.191 e. The maximum atomic E-state index is 5.05. The topological polar surface area (TPSA) is 61.8 Å². The first-order valence-corrected chi connectivity index (χ1v) is 8.94. The van der Waals surface area contributed by atoms with Gasteiger partial charge in [0.05, 0.1) is 13.2 Å². The van der Waals surface area contributed by atoms with Crippen molar-refractivity contribution in [3.05, 3.63) is 23.9 Å². The number of hydrogen-bond donors (Lipinski definition) is 2. The maximum absolute atomic E-state index is 5.05. The van der Waals surface area contributed by atoms with Gasteiger partial charge in [0.25, 0.3) is 0 Å². The molecule has 0 amide bonds. The molecule has 0 aliphatic carbocycles. The van der Waals surface area contributed by atoms with Gasteiger partial charge in [-0.05, 0) is 37.3 Å². The molecule has 0 saturated carbocycles. The van der Waals surface area contributed by atoms with Crippen LogP contribution in [-0.4, -0.2) is 50.8 Å². The van der Waals surface area contributed by atoms with Crippen LogP contribution < -0.4 is 15.5 Å². The van der Waals surface area contributed by atoms with Crippen molar-refractivity contribution in [3.63, 3.8) is 0 Å². The van der Waals surface area contributed by atoms with Crippen LogP contribution in [0.5, 0.6) is 0 Å². The molecule has 1 fully saturated rings. The monoisotopic (exact) mass is 461 g/mol. The summed E-state index contributed by atoms with van der Waals surface area (Å²) in [6, 6.07) is 4.24. The predicted molar refractivity (Wildman–Crippen MR) is 115 cm³/mol. The van der Waals surface area contributed by atoms with Crippen LogP contribution in [-0.2, 0) is 11.3 Å². The molecule has 1 aliphatic heterocycles. The molecule has 2 N–H and O–H groups in total. The average molecular weight is 461 g/mol. The van der Waals surface area contributed by atoms with Crippen molar-refractivity contribution in [1.29, 1.82) is 0 Å². The van der Waals surface area contributed by atoms with Crippen LogP contribution in [0.4, 0.5) is 5.82 Å². The fourth-order valence-electron chi connectivity index (χ4n) is 2.72. The second kappa shape index (κ2) is 12.3. The second-order valence-corrected chi connectivity index (χ2v) is 6.31. The summed E-state index contributed by atoms with van der Waals surface area (Å²) >= 11 is 0. The van der Waals surface area contributed by atoms with Gasteiger partial charge < -0.3 is 20.3 Å². The second-order valence-electron chi connectivity index (χ2n) is 6.31. The first kappa shape index (κ1) is 22.0. The van der Waals surface area contributed by atoms with Gasteiger partial charge in [0.2, 0.25) is 0 Å². The molecule has 2 heterocycles. The summed E-state index contributed by atoms with van der Waals surface area (Å²) in [5, 5.41) is 6.48. The van der Waals surface area contributed by atoms with Crippen LogP contribution in [0.1, 0.15) is 32.3 Å². The fraction of sp³-hybridized carbons (Fsp3) is 0.667. The lowest BCUT2D eigenvalue weighted by Crippen LogP contribution is -2.38. The number of methoxy groups -OCH3 is 1. The molecule has 0 atom stereocenters. The molecule has 1 aliphatic rings. The van der Waals surface area contributed by atoms with E-state index in [1.807, 2.05) is 6.20 Å². The van der Waals surface area contributed by atoms with Gasteiger partial charge in [0, 0.05) is 39.5 Å². The van der Waals surface area contributed by atoms with Gasteiger partial charge in [-0.15, -0.1) is 24.0 Å². The number of guanidine groups is 1. The highest BCUT2D eigenvalue weighted by Crippen LogP contribution is 2.21. The van der Waals surface area contributed by atoms with Crippen molar-refractivity contribution >= 4 is 35.8 Å². The predicted octanol–water partition coefficient (Wildman–Crippen LogP) is 2.64. The number of halogens is 1. The van der Waals surface area contributed by atoms with Crippen molar-refractivity contribution in [1.82, 2.24) is 15.6 Å². The maximum Gasteiger partial charge on any atom is 0.191 e. The highest BCUT2D eigenvalue weighted by atomic mass is 127. The van der Waals surface area contributed by atoms with E-state index in [1.54, 1.807) is 7.11 Å². The number of pyridine rings is 1. The van der Waals surface area contributed by atoms with Crippen LogP contribution in [0.2, 0.25) is 0 Å². The summed E-state index contributed by atoms with van der Waals surface area (Å²) in [6.07, 6.45) is 4.45. The summed E-state index contributed by atoms with van der Waals surface area (Å²) < 4.78 is 5.05. The Labute approximate surface area is 168 Å². The van der Waals surface area contributed by atoms with Gasteiger partial charge in [-0.25, -0.2) is 9.98 Å². The highest BCUT2D eigenvalue weighted by molar-refractivity contribution is 14.0. The van der Waals surface area contributed by atoms with Gasteiger partial charge in [0.15, 0.2) is 5.96 Å². The Morgan fingerprint density at radius 3 is 2.68 bits per heavy atom. The number of anilines is 1. The minimum atomic E-state index is 0. The summed E-state index contributed by atoms with van der Waals surface area (Å²) in [5.41, 5.74) is 1.12. The standard InChI is InChI=1S/C18H31N5O.HI/c1-4-19-18(20-9-12-24-3)22-14-16-5-6-17(21-13-16)23-10-7-15(2)8-11-23;/h5-6,13,15H,4,7-12,14H2,1-3H3,(H2,19,20,22);1H. The molecule has 1 aromatic heterocycles. The van der Waals surface area contributed by atoms with Crippen molar-refractivity contribution < 1.29 is 4.74 Å². The van der Waals surface area contributed by atoms with Crippen molar-refractivity contribution in [2.24, 2.45) is 10.9 Å². The average Bonchev–Trinajstić information content (AvgIpc) is 2.61. The summed E-state index contributed by atoms with van der Waals surface area (Å²) in [6.45, 7) is 9.47. The Kier molecular flexibility index (Phi) is 10.8. The molecular formula is C18H32IN5O. The minimum Gasteiger partial charge on any atom is -0.383 e. The lowest BCUT2D eigenvalue weighted by atomic mass is 9.99. The molecule has 7 heteroatoms. The van der Waals surface area contributed by atoms with E-state index < -0.39 is 0 Å². The van der Waals surface area contributed by atoms with E-state index >= 15 is 0 Å². The van der Waals surface area contributed by atoms with Gasteiger partial charge in [-0.3, -0.25) is 0 Å². The molecule has 142 valence electrons. The zero-order chi connectivity index (χ0) is 17.2. The van der Waals surface area contributed by atoms with Gasteiger partial charge in [0.1, 0.15) is 5.82 Å². The third-order valence-corrected chi connectivity index (χ3v) is 4.28. The summed E-state index contributed by atoms with van der Waals surface area (Å²) in [5.74, 6) is 2.73. The summed E-state index contributed by atoms with van der Waals surface area (Å²) in [4.78, 5) is 11.6. The van der Waals surface area contributed by atoms with E-state index in [2.05, 4.69) is 51.5 Å². The molecular weight excluding hydrogens is 429 g/mol. The summed E-state index contributed by atoms with van der Waals surface area (Å²) in [7, 11) is 1.70. The molecule has 6 nitrogen and oxygen atoms in total. The van der Waals surface area contributed by atoms with E-state index in [0.717, 1.165) is 49.4 Å². The molecule has 0 unspecified atom stereocenters. The normalized spacial score (nSPS) is 15.6. The van der Waals surface area contributed by atoms with Crippen molar-refractivity contribution in [3.8, 4) is 0 Å². The molecule has 2 rings (SSSR count). The Bertz CT molecular complexity index is 501. The molecule has 0 spiro atoms. The molecule has 1 saturated heterocycles. The molecule has 1 aromatic rings. The molecule has 25 heavy (non-hydrogen) atoms. The number of rotatable bonds is 7. The number of hydrogen-bond acceptors (Lipinski definition) is 4. The lowest BCUT2D eigenvalue weighted by molar-refractivity contribution is 0.203. The first-order valence-electron chi connectivity index (χ1n) is 8.94. The SMILES string of the molecule is CCNC(=NCc1ccc(N2CCC(C)CC2)nc1)NCCOC.I. The third kappa shape index (κ3) is 7.77. The number of ether oxygens (including phenoxy) is 1. The number of nitrogens with zero attached hydrogens (tertiary/aromatic N) is 3. The first-order chi connectivity index (χ1) is 11.7. The Morgan fingerprint density at radius 2 is 2.08 bits per heavy atom. The van der Waals surface area contributed by atoms with Crippen molar-refractivity contribution in [2.45, 2.75) is 33.2 Å². The van der Waals surface area contributed by atoms with E-state index in [1.165, 1.54) is 12.8 Å². The zero-order valence-electron chi connectivity index (χ0n) is 15.6. The van der Waals surface area contributed by atoms with Gasteiger partial charge in [-0.1, -0.05) is 13.0 Å². The zero-order valence-corrected chi connectivity index (χ0v) is 18.0. The van der Waals surface area contributed by atoms with Crippen LogP contribution in [0, 0.1) is 5.92 Å². The fourth-order valence-corrected chi connectivity index (χ4v) is 2.72. The lowest BCUT2D eigenvalue weighted by Gasteiger charge is -2.31. The Hall–Kier alpha value is -1.09. The molecule has 0 bridgehead atoms. The minimum absolute atomic E-state index is 0. The van der Waals surface area contributed by atoms with Crippen LogP contribution in [0.25, 0.3) is 0 Å². The number of piperidine rings is 1. The van der Waals surface area contributed by atoms with E-state index in [-0.39, 0.29) is 24.0 Å². The third-order valence-electron chi connectivity index (χ3n) is 4.28. The highest BCUT2D eigenvalue weighted by Gasteiger charge is 2.16. The van der Waals surface area contributed by atoms with Gasteiger partial charge in [-0.2, -0.15) is 0 Å². The van der Waals surface area contributed by atoms with E-state index in [9.17, 15) is 0 Å². The van der Waals surface area contributed by atoms with Gasteiger partial charge >= 0.3 is 0 Å². The number of nitrogens with one attached hydrogen (secondary N) is 2. The molecule has 0 radical (unpaired) electrons. The largest absolute Gasteiger partial charge is 0.383 e. The van der Waals surface area contributed by atoms with Crippen LogP contribution in [0.15, 0.2) is 23.3 Å². The van der Waals surface area contributed by atoms with E-state index in [4.69, 9.17) is 4.74 Å². The van der Waals surface area contributed by atoms with E-state index in [0.29, 0.717) is 13.2 Å². The van der Waals surface area contributed by atoms with Crippen LogP contribution in [0.3, 0.4) is 0 Å².